The second-order valence-corrected chi connectivity index (χ2v) is 9.51. The Labute approximate surface area is 229 Å². The van der Waals surface area contributed by atoms with Gasteiger partial charge in [0.2, 0.25) is 18.1 Å². The molecule has 3 heterocycles. The number of ether oxygens (including phenoxy) is 3. The first-order valence-electron chi connectivity index (χ1n) is 12.6. The first-order chi connectivity index (χ1) is 19.3. The number of halogens is 2. The fraction of sp³-hybridized carbons (Fsp3) is 0.286. The minimum atomic E-state index is -0.882. The number of methoxy groups -OCH3 is 1. The lowest BCUT2D eigenvalue weighted by Crippen LogP contribution is -2.49. The van der Waals surface area contributed by atoms with Crippen molar-refractivity contribution in [3.8, 4) is 22.6 Å². The van der Waals surface area contributed by atoms with E-state index in [4.69, 9.17) is 19.2 Å². The van der Waals surface area contributed by atoms with Crippen molar-refractivity contribution in [3.63, 3.8) is 0 Å². The van der Waals surface area contributed by atoms with E-state index in [0.29, 0.717) is 47.3 Å². The van der Waals surface area contributed by atoms with Crippen LogP contribution in [0, 0.1) is 17.0 Å². The van der Waals surface area contributed by atoms with E-state index < -0.39 is 11.7 Å². The number of hydrogen-bond acceptors (Lipinski definition) is 8. The molecule has 208 valence electrons. The zero-order chi connectivity index (χ0) is 28.1. The van der Waals surface area contributed by atoms with E-state index in [-0.39, 0.29) is 36.7 Å². The molecule has 1 aliphatic heterocycles. The molecule has 1 fully saturated rings. The molecule has 2 aromatic carbocycles. The summed E-state index contributed by atoms with van der Waals surface area (Å²) in [5.74, 6) is -0.282. The van der Waals surface area contributed by atoms with Crippen molar-refractivity contribution in [1.82, 2.24) is 25.3 Å². The maximum absolute atomic E-state index is 13.7. The molecule has 0 aliphatic carbocycles. The Hall–Kier alpha value is -4.26. The Kier molecular flexibility index (Phi) is 8.10. The summed E-state index contributed by atoms with van der Waals surface area (Å²) in [5.41, 5.74) is 1.90. The molecule has 1 saturated heterocycles. The van der Waals surface area contributed by atoms with Crippen LogP contribution in [0.2, 0.25) is 0 Å². The van der Waals surface area contributed by atoms with E-state index >= 15 is 0 Å². The Morgan fingerprint density at radius 1 is 1.05 bits per heavy atom. The third-order valence-electron chi connectivity index (χ3n) is 6.32. The highest BCUT2D eigenvalue weighted by Crippen LogP contribution is 2.35. The van der Waals surface area contributed by atoms with Crippen LogP contribution in [0.4, 0.5) is 20.4 Å². The number of carbonyl (C=O) groups excluding carboxylic acids is 1. The minimum Gasteiger partial charge on any atom is -0.383 e. The van der Waals surface area contributed by atoms with Crippen molar-refractivity contribution in [1.29, 1.82) is 0 Å². The molecule has 2 aromatic heterocycles. The summed E-state index contributed by atoms with van der Waals surface area (Å²) in [5, 5.41) is 5.87. The number of aromatic nitrogens is 4. The molecule has 0 saturated carbocycles. The van der Waals surface area contributed by atoms with E-state index in [1.165, 1.54) is 24.3 Å². The molecule has 12 heteroatoms. The number of anilines is 2. The molecule has 1 aliphatic rings. The zero-order valence-corrected chi connectivity index (χ0v) is 21.9. The Morgan fingerprint density at radius 3 is 2.40 bits per heavy atom. The summed E-state index contributed by atoms with van der Waals surface area (Å²) in [6.07, 6.45) is 0.705. The average Bonchev–Trinajstić information content (AvgIpc) is 3.41. The van der Waals surface area contributed by atoms with E-state index in [9.17, 15) is 13.6 Å². The molecule has 0 unspecified atom stereocenters. The molecule has 40 heavy (non-hydrogen) atoms. The lowest BCUT2D eigenvalue weighted by molar-refractivity contribution is -0.231. The summed E-state index contributed by atoms with van der Waals surface area (Å²) < 4.78 is 43.8. The summed E-state index contributed by atoms with van der Waals surface area (Å²) in [6.45, 7) is 2.76. The van der Waals surface area contributed by atoms with Gasteiger partial charge in [0.15, 0.2) is 5.82 Å². The Balaban J connectivity index is 1.41. The van der Waals surface area contributed by atoms with Crippen LogP contribution in [0.1, 0.15) is 19.0 Å². The van der Waals surface area contributed by atoms with Gasteiger partial charge in [-0.2, -0.15) is 0 Å². The highest BCUT2D eigenvalue weighted by molar-refractivity contribution is 5.82. The Bertz CT molecular complexity index is 1450. The van der Waals surface area contributed by atoms with Crippen molar-refractivity contribution in [2.75, 3.05) is 38.8 Å². The second-order valence-electron chi connectivity index (χ2n) is 9.51. The van der Waals surface area contributed by atoms with Gasteiger partial charge in [0, 0.05) is 31.1 Å². The normalized spacial score (nSPS) is 18.9. The first-order valence-corrected chi connectivity index (χ1v) is 12.6. The number of carbonyl (C=O) groups is 1. The van der Waals surface area contributed by atoms with E-state index in [0.717, 1.165) is 0 Å². The van der Waals surface area contributed by atoms with E-state index in [2.05, 4.69) is 25.6 Å². The SMILES string of the molecule is COCCNC(=O)C1(C)COC(c2nc(-c3ccc(F)cc3)c(-c3ccnc(Nc4ccc(F)cc4)n3)[nH]2)OC1. The molecular formula is C28H28F2N6O4. The van der Waals surface area contributed by atoms with Gasteiger partial charge in [0.05, 0.1) is 42.3 Å². The average molecular weight is 551 g/mol. The summed E-state index contributed by atoms with van der Waals surface area (Å²) in [4.78, 5) is 29.5. The predicted octanol–water partition coefficient (Wildman–Crippen LogP) is 4.37. The number of rotatable bonds is 9. The van der Waals surface area contributed by atoms with Gasteiger partial charge in [-0.1, -0.05) is 0 Å². The molecule has 1 amide bonds. The number of imidazole rings is 1. The summed E-state index contributed by atoms with van der Waals surface area (Å²) in [6, 6.07) is 13.4. The fourth-order valence-electron chi connectivity index (χ4n) is 4.10. The highest BCUT2D eigenvalue weighted by Gasteiger charge is 2.40. The molecule has 5 rings (SSSR count). The number of amides is 1. The van der Waals surface area contributed by atoms with Crippen LogP contribution in [0.5, 0.6) is 0 Å². The van der Waals surface area contributed by atoms with Crippen LogP contribution < -0.4 is 10.6 Å². The number of hydrogen-bond donors (Lipinski definition) is 3. The smallest absolute Gasteiger partial charge is 0.230 e. The maximum Gasteiger partial charge on any atom is 0.230 e. The molecule has 0 atom stereocenters. The fourth-order valence-corrected chi connectivity index (χ4v) is 4.10. The monoisotopic (exact) mass is 550 g/mol. The number of nitrogens with zero attached hydrogens (tertiary/aromatic N) is 3. The van der Waals surface area contributed by atoms with Crippen molar-refractivity contribution in [3.05, 3.63) is 78.3 Å². The summed E-state index contributed by atoms with van der Waals surface area (Å²) >= 11 is 0. The number of benzene rings is 2. The van der Waals surface area contributed by atoms with Gasteiger partial charge in [-0.3, -0.25) is 4.79 Å². The van der Waals surface area contributed by atoms with Crippen molar-refractivity contribution in [2.24, 2.45) is 5.41 Å². The first kappa shape index (κ1) is 27.3. The predicted molar refractivity (Wildman–Crippen MR) is 142 cm³/mol. The van der Waals surface area contributed by atoms with Crippen LogP contribution >= 0.6 is 0 Å². The lowest BCUT2D eigenvalue weighted by atomic mass is 9.91. The summed E-state index contributed by atoms with van der Waals surface area (Å²) in [7, 11) is 1.56. The maximum atomic E-state index is 13.7. The Morgan fingerprint density at radius 2 is 1.73 bits per heavy atom. The third-order valence-corrected chi connectivity index (χ3v) is 6.32. The number of H-pyrrole nitrogens is 1. The topological polar surface area (TPSA) is 123 Å². The van der Waals surface area contributed by atoms with Gasteiger partial charge < -0.3 is 29.8 Å². The van der Waals surface area contributed by atoms with Crippen molar-refractivity contribution >= 4 is 17.5 Å². The van der Waals surface area contributed by atoms with Gasteiger partial charge in [-0.25, -0.2) is 23.7 Å². The van der Waals surface area contributed by atoms with Crippen molar-refractivity contribution < 1.29 is 27.8 Å². The molecule has 3 N–H and O–H groups in total. The number of nitrogens with one attached hydrogen (secondary N) is 3. The molecular weight excluding hydrogens is 522 g/mol. The van der Waals surface area contributed by atoms with E-state index in [1.54, 1.807) is 50.6 Å². The van der Waals surface area contributed by atoms with Crippen molar-refractivity contribution in [2.45, 2.75) is 13.2 Å². The van der Waals surface area contributed by atoms with Gasteiger partial charge in [-0.15, -0.1) is 0 Å². The van der Waals surface area contributed by atoms with Crippen LogP contribution in [0.25, 0.3) is 22.6 Å². The molecule has 0 spiro atoms. The second kappa shape index (κ2) is 11.9. The minimum absolute atomic E-state index is 0.109. The molecule has 0 radical (unpaired) electrons. The van der Waals surface area contributed by atoms with Gasteiger partial charge in [0.1, 0.15) is 11.6 Å². The highest BCUT2D eigenvalue weighted by atomic mass is 19.1. The van der Waals surface area contributed by atoms with Crippen LogP contribution in [0.15, 0.2) is 60.8 Å². The quantitative estimate of drug-likeness (QED) is 0.263. The molecule has 0 bridgehead atoms. The van der Waals surface area contributed by atoms with Gasteiger partial charge >= 0.3 is 0 Å². The molecule has 10 nitrogen and oxygen atoms in total. The van der Waals surface area contributed by atoms with E-state index in [1.807, 2.05) is 0 Å². The van der Waals surface area contributed by atoms with Crippen LogP contribution in [-0.2, 0) is 19.0 Å². The third kappa shape index (κ3) is 6.14. The standard InChI is InChI=1S/C28H28F2N6O4/c1-28(26(37)31-13-14-38-2)15-39-25(40-16-28)24-35-22(17-3-5-18(29)6-4-17)23(36-24)21-11-12-32-27(34-21)33-20-9-7-19(30)8-10-20/h3-12,25H,13-16H2,1-2H3,(H,31,37)(H,35,36)(H,32,33,34). The number of aromatic amines is 1. The molecule has 4 aromatic rings. The van der Waals surface area contributed by atoms with Gasteiger partial charge in [-0.05, 0) is 61.5 Å². The lowest BCUT2D eigenvalue weighted by Gasteiger charge is -2.35. The van der Waals surface area contributed by atoms with Crippen LogP contribution in [-0.4, -0.2) is 59.3 Å². The largest absolute Gasteiger partial charge is 0.383 e. The van der Waals surface area contributed by atoms with Gasteiger partial charge in [0.25, 0.3) is 0 Å². The van der Waals surface area contributed by atoms with Crippen LogP contribution in [0.3, 0.4) is 0 Å². The zero-order valence-electron chi connectivity index (χ0n) is 21.9.